The van der Waals surface area contributed by atoms with Crippen LogP contribution in [0.5, 0.6) is 5.75 Å². The smallest absolute Gasteiger partial charge is 0.191 e. The van der Waals surface area contributed by atoms with Gasteiger partial charge in [0.25, 0.3) is 0 Å². The topological polar surface area (TPSA) is 76.4 Å². The molecule has 7 nitrogen and oxygen atoms in total. The minimum absolute atomic E-state index is 0.574. The van der Waals surface area contributed by atoms with E-state index in [-0.39, 0.29) is 0 Å². The number of nitrogens with one attached hydrogen (secondary N) is 2. The number of fused-ring (bicyclic) bond motifs is 1. The van der Waals surface area contributed by atoms with E-state index in [0.29, 0.717) is 19.7 Å². The number of guanidine groups is 1. The van der Waals surface area contributed by atoms with E-state index >= 15 is 0 Å². The van der Waals surface area contributed by atoms with Gasteiger partial charge in [0.05, 0.1) is 13.1 Å². The molecule has 0 aliphatic carbocycles. The first kappa shape index (κ1) is 16.3. The summed E-state index contributed by atoms with van der Waals surface area (Å²) in [4.78, 5) is 4.23. The maximum absolute atomic E-state index is 5.65. The molecule has 3 rings (SSSR count). The van der Waals surface area contributed by atoms with Crippen molar-refractivity contribution in [2.45, 2.75) is 32.4 Å². The van der Waals surface area contributed by atoms with Crippen molar-refractivity contribution in [3.05, 3.63) is 42.0 Å². The van der Waals surface area contributed by atoms with E-state index in [1.165, 1.54) is 12.8 Å². The third-order valence-corrected chi connectivity index (χ3v) is 3.98. The Morgan fingerprint density at radius 3 is 2.92 bits per heavy atom. The zero-order valence-corrected chi connectivity index (χ0v) is 14.0. The van der Waals surface area contributed by atoms with E-state index in [0.717, 1.165) is 36.3 Å². The van der Waals surface area contributed by atoms with Gasteiger partial charge in [0.2, 0.25) is 0 Å². The van der Waals surface area contributed by atoms with Crippen LogP contribution < -0.4 is 15.4 Å². The molecule has 2 N–H and O–H groups in total. The third kappa shape index (κ3) is 4.24. The molecule has 0 radical (unpaired) electrons. The molecule has 0 fully saturated rings. The summed E-state index contributed by atoms with van der Waals surface area (Å²) in [5.41, 5.74) is 0. The number of rotatable bonds is 6. The number of nitrogens with zero attached hydrogens (tertiary/aromatic N) is 4. The summed E-state index contributed by atoms with van der Waals surface area (Å²) in [5.74, 6) is 3.67. The first-order valence-electron chi connectivity index (χ1n) is 8.40. The van der Waals surface area contributed by atoms with Crippen molar-refractivity contribution in [1.82, 2.24) is 25.4 Å². The second-order valence-corrected chi connectivity index (χ2v) is 5.66. The average molecular weight is 328 g/mol. The van der Waals surface area contributed by atoms with Crippen molar-refractivity contribution < 1.29 is 4.74 Å². The summed E-state index contributed by atoms with van der Waals surface area (Å²) in [5, 5.41) is 15.1. The van der Waals surface area contributed by atoms with Crippen LogP contribution in [0, 0.1) is 0 Å². The van der Waals surface area contributed by atoms with Crippen molar-refractivity contribution in [3.8, 4) is 5.75 Å². The van der Waals surface area contributed by atoms with Crippen molar-refractivity contribution in [2.75, 3.05) is 20.2 Å². The lowest BCUT2D eigenvalue weighted by Gasteiger charge is -2.16. The van der Waals surface area contributed by atoms with Gasteiger partial charge in [0.1, 0.15) is 18.2 Å². The fourth-order valence-corrected chi connectivity index (χ4v) is 2.74. The zero-order chi connectivity index (χ0) is 16.6. The van der Waals surface area contributed by atoms with Crippen LogP contribution in [0.4, 0.5) is 0 Å². The van der Waals surface area contributed by atoms with Gasteiger partial charge in [-0.05, 0) is 25.0 Å². The van der Waals surface area contributed by atoms with Crippen LogP contribution in [-0.4, -0.2) is 40.9 Å². The Bertz CT molecular complexity index is 667. The molecule has 24 heavy (non-hydrogen) atoms. The Balaban J connectivity index is 1.41. The number of ether oxygens (including phenoxy) is 1. The van der Waals surface area contributed by atoms with Gasteiger partial charge < -0.3 is 19.9 Å². The van der Waals surface area contributed by atoms with Crippen LogP contribution in [0.2, 0.25) is 0 Å². The van der Waals surface area contributed by atoms with Gasteiger partial charge in [-0.3, -0.25) is 4.99 Å². The Kier molecular flexibility index (Phi) is 5.65. The lowest BCUT2D eigenvalue weighted by molar-refractivity contribution is 0.322. The summed E-state index contributed by atoms with van der Waals surface area (Å²) in [6.07, 6.45) is 3.43. The van der Waals surface area contributed by atoms with Crippen molar-refractivity contribution in [2.24, 2.45) is 4.99 Å². The van der Waals surface area contributed by atoms with Gasteiger partial charge in [-0.1, -0.05) is 18.2 Å². The molecule has 0 atom stereocenters. The van der Waals surface area contributed by atoms with Crippen LogP contribution in [0.15, 0.2) is 35.3 Å². The molecule has 2 heterocycles. The normalized spacial score (nSPS) is 14.1. The molecular formula is C17H24N6O. The minimum atomic E-state index is 0.574. The molecule has 1 aliphatic heterocycles. The Hall–Kier alpha value is -2.57. The number of aromatic nitrogens is 3. The van der Waals surface area contributed by atoms with Crippen molar-refractivity contribution in [3.63, 3.8) is 0 Å². The van der Waals surface area contributed by atoms with E-state index in [4.69, 9.17) is 4.74 Å². The number of hydrogen-bond acceptors (Lipinski definition) is 4. The average Bonchev–Trinajstić information content (AvgIpc) is 3.05. The molecular weight excluding hydrogens is 304 g/mol. The summed E-state index contributed by atoms with van der Waals surface area (Å²) >= 11 is 0. The number of aliphatic imine (C=N–C) groups is 1. The molecule has 0 unspecified atom stereocenters. The van der Waals surface area contributed by atoms with E-state index in [1.54, 1.807) is 7.05 Å². The fraction of sp³-hybridized carbons (Fsp3) is 0.471. The van der Waals surface area contributed by atoms with Gasteiger partial charge >= 0.3 is 0 Å². The number of aryl methyl sites for hydroxylation is 1. The predicted molar refractivity (Wildman–Crippen MR) is 93.1 cm³/mol. The first-order valence-corrected chi connectivity index (χ1v) is 8.40. The molecule has 1 aromatic carbocycles. The van der Waals surface area contributed by atoms with E-state index in [2.05, 4.69) is 30.4 Å². The van der Waals surface area contributed by atoms with Crippen LogP contribution in [0.3, 0.4) is 0 Å². The summed E-state index contributed by atoms with van der Waals surface area (Å²) in [6, 6.07) is 9.79. The van der Waals surface area contributed by atoms with Crippen molar-refractivity contribution >= 4 is 5.96 Å². The van der Waals surface area contributed by atoms with Gasteiger partial charge in [0.15, 0.2) is 11.8 Å². The Morgan fingerprint density at radius 2 is 2.08 bits per heavy atom. The highest BCUT2D eigenvalue weighted by Gasteiger charge is 2.15. The summed E-state index contributed by atoms with van der Waals surface area (Å²) < 4.78 is 7.86. The van der Waals surface area contributed by atoms with E-state index in [1.807, 2.05) is 30.3 Å². The lowest BCUT2D eigenvalue weighted by Crippen LogP contribution is -2.39. The van der Waals surface area contributed by atoms with E-state index in [9.17, 15) is 0 Å². The SMILES string of the molecule is CN=C(NCCOc1ccccc1)NCc1nnc2n1CCCC2. The monoisotopic (exact) mass is 328 g/mol. The second-order valence-electron chi connectivity index (χ2n) is 5.66. The van der Waals surface area contributed by atoms with Gasteiger partial charge in [-0.2, -0.15) is 0 Å². The highest BCUT2D eigenvalue weighted by molar-refractivity contribution is 5.79. The number of benzene rings is 1. The van der Waals surface area contributed by atoms with E-state index < -0.39 is 0 Å². The summed E-state index contributed by atoms with van der Waals surface area (Å²) in [7, 11) is 1.76. The lowest BCUT2D eigenvalue weighted by atomic mass is 10.2. The standard InChI is InChI=1S/C17H24N6O/c1-18-17(19-10-12-24-14-7-3-2-4-8-14)20-13-16-22-21-15-9-5-6-11-23(15)16/h2-4,7-8H,5-6,9-13H2,1H3,(H2,18,19,20). The minimum Gasteiger partial charge on any atom is -0.492 e. The zero-order valence-electron chi connectivity index (χ0n) is 14.0. The maximum atomic E-state index is 5.65. The highest BCUT2D eigenvalue weighted by Crippen LogP contribution is 2.13. The molecule has 1 aromatic heterocycles. The molecule has 7 heteroatoms. The molecule has 0 amide bonds. The Labute approximate surface area is 142 Å². The Morgan fingerprint density at radius 1 is 1.21 bits per heavy atom. The largest absolute Gasteiger partial charge is 0.492 e. The van der Waals surface area contributed by atoms with Gasteiger partial charge in [-0.15, -0.1) is 10.2 Å². The van der Waals surface area contributed by atoms with Crippen LogP contribution in [-0.2, 0) is 19.5 Å². The van der Waals surface area contributed by atoms with Crippen LogP contribution in [0.1, 0.15) is 24.5 Å². The summed E-state index contributed by atoms with van der Waals surface area (Å²) in [6.45, 7) is 2.88. The fourth-order valence-electron chi connectivity index (χ4n) is 2.74. The van der Waals surface area contributed by atoms with Crippen LogP contribution >= 0.6 is 0 Å². The molecule has 1 aliphatic rings. The molecule has 0 bridgehead atoms. The second kappa shape index (κ2) is 8.33. The third-order valence-electron chi connectivity index (χ3n) is 3.98. The van der Waals surface area contributed by atoms with Crippen molar-refractivity contribution in [1.29, 1.82) is 0 Å². The highest BCUT2D eigenvalue weighted by atomic mass is 16.5. The maximum Gasteiger partial charge on any atom is 0.191 e. The molecule has 0 spiro atoms. The first-order chi connectivity index (χ1) is 11.9. The molecule has 0 saturated heterocycles. The quantitative estimate of drug-likeness (QED) is 0.476. The van der Waals surface area contributed by atoms with Gasteiger partial charge in [0, 0.05) is 20.0 Å². The van der Waals surface area contributed by atoms with Crippen LogP contribution in [0.25, 0.3) is 0 Å². The molecule has 128 valence electrons. The molecule has 2 aromatic rings. The predicted octanol–water partition coefficient (Wildman–Crippen LogP) is 1.36. The number of hydrogen-bond donors (Lipinski definition) is 2. The molecule has 0 saturated carbocycles. The number of para-hydroxylation sites is 1. The van der Waals surface area contributed by atoms with Gasteiger partial charge in [-0.25, -0.2) is 0 Å².